The van der Waals surface area contributed by atoms with E-state index in [2.05, 4.69) is 0 Å². The molecular formula is C16H20O4. The van der Waals surface area contributed by atoms with Gasteiger partial charge >= 0.3 is 0 Å². The van der Waals surface area contributed by atoms with Gasteiger partial charge in [0.05, 0.1) is 25.9 Å². The minimum Gasteiger partial charge on any atom is -0.490 e. The summed E-state index contributed by atoms with van der Waals surface area (Å²) in [5.41, 5.74) is 0.769. The molecule has 4 heteroatoms. The average Bonchev–Trinajstić information content (AvgIpc) is 2.46. The first kappa shape index (κ1) is 14.8. The smallest absolute Gasteiger partial charge is 0.133 e. The molecule has 0 aliphatic carbocycles. The average molecular weight is 276 g/mol. The Labute approximate surface area is 118 Å². The molecule has 2 aromatic rings. The summed E-state index contributed by atoms with van der Waals surface area (Å²) >= 11 is 0. The quantitative estimate of drug-likeness (QED) is 0.762. The van der Waals surface area contributed by atoms with Crippen LogP contribution >= 0.6 is 0 Å². The molecule has 0 radical (unpaired) electrons. The topological polar surface area (TPSA) is 58.9 Å². The molecule has 2 aromatic carbocycles. The maximum Gasteiger partial charge on any atom is 0.133 e. The van der Waals surface area contributed by atoms with Gasteiger partial charge in [-0.3, -0.25) is 0 Å². The van der Waals surface area contributed by atoms with Crippen molar-refractivity contribution in [2.45, 2.75) is 13.0 Å². The van der Waals surface area contributed by atoms with Crippen molar-refractivity contribution in [1.82, 2.24) is 0 Å². The lowest BCUT2D eigenvalue weighted by atomic mass is 10.0. The minimum absolute atomic E-state index is 0.00713. The molecule has 0 fully saturated rings. The molecule has 0 spiro atoms. The van der Waals surface area contributed by atoms with Crippen LogP contribution in [0.2, 0.25) is 0 Å². The van der Waals surface area contributed by atoms with Gasteiger partial charge in [-0.05, 0) is 12.3 Å². The van der Waals surface area contributed by atoms with Crippen LogP contribution in [0.5, 0.6) is 5.75 Å². The van der Waals surface area contributed by atoms with Gasteiger partial charge in [-0.2, -0.15) is 0 Å². The molecule has 2 N–H and O–H groups in total. The third-order valence-electron chi connectivity index (χ3n) is 3.07. The highest BCUT2D eigenvalue weighted by molar-refractivity contribution is 5.89. The second-order valence-corrected chi connectivity index (χ2v) is 4.57. The van der Waals surface area contributed by atoms with Gasteiger partial charge in [-0.25, -0.2) is 0 Å². The zero-order chi connectivity index (χ0) is 14.4. The van der Waals surface area contributed by atoms with Gasteiger partial charge in [0, 0.05) is 10.9 Å². The van der Waals surface area contributed by atoms with Crippen molar-refractivity contribution in [3.05, 3.63) is 42.0 Å². The Hall–Kier alpha value is -1.62. The molecule has 0 saturated heterocycles. The molecule has 0 bridgehead atoms. The molecule has 0 aliphatic rings. The van der Waals surface area contributed by atoms with E-state index in [4.69, 9.17) is 14.6 Å². The number of ether oxygens (including phenoxy) is 2. The van der Waals surface area contributed by atoms with Gasteiger partial charge in [0.15, 0.2) is 0 Å². The molecule has 0 saturated carbocycles. The molecule has 0 unspecified atom stereocenters. The van der Waals surface area contributed by atoms with E-state index in [0.29, 0.717) is 25.6 Å². The third-order valence-corrected chi connectivity index (χ3v) is 3.07. The largest absolute Gasteiger partial charge is 0.490 e. The van der Waals surface area contributed by atoms with Crippen LogP contribution in [0.3, 0.4) is 0 Å². The normalized spacial score (nSPS) is 12.6. The van der Waals surface area contributed by atoms with E-state index >= 15 is 0 Å². The van der Waals surface area contributed by atoms with Gasteiger partial charge in [-0.15, -0.1) is 0 Å². The highest BCUT2D eigenvalue weighted by atomic mass is 16.5. The summed E-state index contributed by atoms with van der Waals surface area (Å²) in [5.74, 6) is 0.700. The lowest BCUT2D eigenvalue weighted by molar-refractivity contribution is 0.0699. The van der Waals surface area contributed by atoms with Crippen LogP contribution in [-0.2, 0) is 4.74 Å². The number of aliphatic hydroxyl groups excluding tert-OH is 2. The summed E-state index contributed by atoms with van der Waals surface area (Å²) < 4.78 is 11.0. The molecule has 1 atom stereocenters. The Morgan fingerprint density at radius 2 is 1.85 bits per heavy atom. The summed E-state index contributed by atoms with van der Waals surface area (Å²) in [6.07, 6.45) is -0.590. The maximum atomic E-state index is 9.86. The van der Waals surface area contributed by atoms with Crippen molar-refractivity contribution in [3.63, 3.8) is 0 Å². The van der Waals surface area contributed by atoms with Crippen LogP contribution in [-0.4, -0.2) is 36.6 Å². The predicted octanol–water partition coefficient (Wildman–Crippen LogP) is 2.28. The van der Waals surface area contributed by atoms with E-state index in [1.165, 1.54) is 0 Å². The fraction of sp³-hybridized carbons (Fsp3) is 0.375. The Bertz CT molecular complexity index is 551. The van der Waals surface area contributed by atoms with Crippen molar-refractivity contribution in [1.29, 1.82) is 0 Å². The Morgan fingerprint density at radius 1 is 1.05 bits per heavy atom. The number of fused-ring (bicyclic) bond motifs is 1. The molecule has 20 heavy (non-hydrogen) atoms. The number of benzene rings is 2. The molecule has 0 heterocycles. The Balaban J connectivity index is 2.21. The highest BCUT2D eigenvalue weighted by Gasteiger charge is 2.12. The summed E-state index contributed by atoms with van der Waals surface area (Å²) in [4.78, 5) is 0. The number of hydrogen-bond donors (Lipinski definition) is 2. The molecular weight excluding hydrogens is 256 g/mol. The van der Waals surface area contributed by atoms with E-state index in [1.54, 1.807) is 6.92 Å². The molecule has 4 nitrogen and oxygen atoms in total. The van der Waals surface area contributed by atoms with Crippen molar-refractivity contribution >= 4 is 10.8 Å². The van der Waals surface area contributed by atoms with Gasteiger partial charge in [0.1, 0.15) is 12.4 Å². The first-order valence-electron chi connectivity index (χ1n) is 6.75. The SMILES string of the molecule is C[C@@H](O)c1ccc2ccccc2c1OCCOCCO. The molecule has 0 aromatic heterocycles. The van der Waals surface area contributed by atoms with Gasteiger partial charge < -0.3 is 19.7 Å². The van der Waals surface area contributed by atoms with Gasteiger partial charge in [0.2, 0.25) is 0 Å². The number of hydrogen-bond acceptors (Lipinski definition) is 4. The van der Waals surface area contributed by atoms with Crippen LogP contribution in [0, 0.1) is 0 Å². The summed E-state index contributed by atoms with van der Waals surface area (Å²) in [6, 6.07) is 11.8. The number of aliphatic hydroxyl groups is 2. The molecule has 108 valence electrons. The van der Waals surface area contributed by atoms with E-state index in [0.717, 1.165) is 16.3 Å². The summed E-state index contributed by atoms with van der Waals surface area (Å²) in [7, 11) is 0. The van der Waals surface area contributed by atoms with Crippen LogP contribution in [0.15, 0.2) is 36.4 Å². The van der Waals surface area contributed by atoms with E-state index < -0.39 is 6.10 Å². The van der Waals surface area contributed by atoms with Crippen LogP contribution < -0.4 is 4.74 Å². The molecule has 0 amide bonds. The van der Waals surface area contributed by atoms with E-state index in [1.807, 2.05) is 36.4 Å². The lowest BCUT2D eigenvalue weighted by Crippen LogP contribution is -2.10. The highest BCUT2D eigenvalue weighted by Crippen LogP contribution is 2.33. The predicted molar refractivity (Wildman–Crippen MR) is 78.0 cm³/mol. The second-order valence-electron chi connectivity index (χ2n) is 4.57. The Morgan fingerprint density at radius 3 is 2.60 bits per heavy atom. The van der Waals surface area contributed by atoms with Crippen molar-refractivity contribution < 1.29 is 19.7 Å². The van der Waals surface area contributed by atoms with Crippen LogP contribution in [0.25, 0.3) is 10.8 Å². The zero-order valence-electron chi connectivity index (χ0n) is 11.6. The fourth-order valence-corrected chi connectivity index (χ4v) is 2.12. The van der Waals surface area contributed by atoms with Crippen molar-refractivity contribution in [3.8, 4) is 5.75 Å². The zero-order valence-corrected chi connectivity index (χ0v) is 11.6. The first-order chi connectivity index (χ1) is 9.74. The van der Waals surface area contributed by atoms with Crippen molar-refractivity contribution in [2.75, 3.05) is 26.4 Å². The molecule has 2 rings (SSSR count). The van der Waals surface area contributed by atoms with Crippen molar-refractivity contribution in [2.24, 2.45) is 0 Å². The number of rotatable bonds is 7. The Kier molecular flexibility index (Phi) is 5.35. The van der Waals surface area contributed by atoms with Gasteiger partial charge in [0.25, 0.3) is 0 Å². The molecule has 0 aliphatic heterocycles. The second kappa shape index (κ2) is 7.24. The lowest BCUT2D eigenvalue weighted by Gasteiger charge is -2.16. The van der Waals surface area contributed by atoms with Gasteiger partial charge in [-0.1, -0.05) is 36.4 Å². The minimum atomic E-state index is -0.590. The monoisotopic (exact) mass is 276 g/mol. The first-order valence-corrected chi connectivity index (χ1v) is 6.75. The fourth-order valence-electron chi connectivity index (χ4n) is 2.12. The summed E-state index contributed by atoms with van der Waals surface area (Å²) in [5, 5.41) is 20.6. The van der Waals surface area contributed by atoms with E-state index in [-0.39, 0.29) is 6.61 Å². The summed E-state index contributed by atoms with van der Waals surface area (Å²) in [6.45, 7) is 2.82. The maximum absolute atomic E-state index is 9.86. The van der Waals surface area contributed by atoms with Crippen LogP contribution in [0.1, 0.15) is 18.6 Å². The van der Waals surface area contributed by atoms with Crippen LogP contribution in [0.4, 0.5) is 0 Å². The standard InChI is InChI=1S/C16H20O4/c1-12(18)14-7-6-13-4-2-3-5-15(13)16(14)20-11-10-19-9-8-17/h2-7,12,17-18H,8-11H2,1H3/t12-/m1/s1. The van der Waals surface area contributed by atoms with E-state index in [9.17, 15) is 5.11 Å². The third kappa shape index (κ3) is 3.48.